The Morgan fingerprint density at radius 1 is 1.14 bits per heavy atom. The third-order valence-electron chi connectivity index (χ3n) is 3.50. The van der Waals surface area contributed by atoms with Crippen LogP contribution in [0.3, 0.4) is 0 Å². The molecule has 0 atom stereocenters. The average molecular weight is 433 g/mol. The SMILES string of the molecule is Cc1ccc(CSc2nnc(SCC(=O)N/N=C/c3ccccc3F)s2)cc1. The molecule has 5 nitrogen and oxygen atoms in total. The van der Waals surface area contributed by atoms with Crippen LogP contribution < -0.4 is 5.43 Å². The first-order chi connectivity index (χ1) is 13.6. The molecule has 1 heterocycles. The van der Waals surface area contributed by atoms with Gasteiger partial charge in [0.1, 0.15) is 5.82 Å². The standard InChI is InChI=1S/C19H17FN4OS3/c1-13-6-8-14(9-7-13)11-26-18-23-24-19(28-18)27-12-17(25)22-21-10-15-4-2-3-5-16(15)20/h2-10H,11-12H2,1H3,(H,22,25)/b21-10+. The fourth-order valence-corrected chi connectivity index (χ4v) is 4.82. The van der Waals surface area contributed by atoms with Gasteiger partial charge in [0, 0.05) is 11.3 Å². The van der Waals surface area contributed by atoms with Crippen LogP contribution in [0.4, 0.5) is 4.39 Å². The van der Waals surface area contributed by atoms with E-state index in [1.165, 1.54) is 46.5 Å². The Bertz CT molecular complexity index is 960. The smallest absolute Gasteiger partial charge is 0.250 e. The van der Waals surface area contributed by atoms with Gasteiger partial charge in [-0.15, -0.1) is 10.2 Å². The molecule has 144 valence electrons. The highest BCUT2D eigenvalue weighted by Gasteiger charge is 2.08. The highest BCUT2D eigenvalue weighted by atomic mass is 32.2. The molecule has 9 heteroatoms. The van der Waals surface area contributed by atoms with E-state index in [4.69, 9.17) is 0 Å². The van der Waals surface area contributed by atoms with Crippen LogP contribution in [-0.2, 0) is 10.5 Å². The molecule has 1 amide bonds. The molecule has 0 aliphatic carbocycles. The zero-order chi connectivity index (χ0) is 19.8. The minimum absolute atomic E-state index is 0.159. The van der Waals surface area contributed by atoms with Gasteiger partial charge >= 0.3 is 0 Å². The molecule has 0 saturated heterocycles. The zero-order valence-corrected chi connectivity index (χ0v) is 17.4. The molecule has 0 radical (unpaired) electrons. The summed E-state index contributed by atoms with van der Waals surface area (Å²) in [6.45, 7) is 2.06. The van der Waals surface area contributed by atoms with Crippen molar-refractivity contribution in [3.8, 4) is 0 Å². The molecule has 0 bridgehead atoms. The number of rotatable bonds is 8. The Morgan fingerprint density at radius 3 is 2.61 bits per heavy atom. The predicted octanol–water partition coefficient (Wildman–Crippen LogP) is 4.52. The maximum atomic E-state index is 13.5. The molecule has 28 heavy (non-hydrogen) atoms. The van der Waals surface area contributed by atoms with E-state index >= 15 is 0 Å². The van der Waals surface area contributed by atoms with Crippen LogP contribution in [0.25, 0.3) is 0 Å². The second-order valence-corrected chi connectivity index (χ2v) is 9.13. The Balaban J connectivity index is 1.41. The quantitative estimate of drug-likeness (QED) is 0.322. The van der Waals surface area contributed by atoms with E-state index in [1.807, 2.05) is 0 Å². The second-order valence-electron chi connectivity index (χ2n) is 5.71. The van der Waals surface area contributed by atoms with E-state index in [9.17, 15) is 9.18 Å². The number of hydrazone groups is 1. The number of benzene rings is 2. The van der Waals surface area contributed by atoms with Gasteiger partial charge in [-0.3, -0.25) is 4.79 Å². The number of carbonyl (C=O) groups is 1. The lowest BCUT2D eigenvalue weighted by atomic mass is 10.2. The molecule has 0 spiro atoms. The van der Waals surface area contributed by atoms with Gasteiger partial charge in [-0.05, 0) is 18.6 Å². The number of amides is 1. The summed E-state index contributed by atoms with van der Waals surface area (Å²) in [6, 6.07) is 14.6. The van der Waals surface area contributed by atoms with Crippen molar-refractivity contribution >= 4 is 47.0 Å². The third kappa shape index (κ3) is 6.43. The summed E-state index contributed by atoms with van der Waals surface area (Å²) < 4.78 is 15.0. The molecule has 3 aromatic rings. The number of nitrogens with one attached hydrogen (secondary N) is 1. The van der Waals surface area contributed by atoms with Gasteiger partial charge in [0.05, 0.1) is 12.0 Å². The van der Waals surface area contributed by atoms with Crippen LogP contribution in [0.5, 0.6) is 0 Å². The van der Waals surface area contributed by atoms with E-state index in [1.54, 1.807) is 30.0 Å². The van der Waals surface area contributed by atoms with Crippen molar-refractivity contribution in [2.75, 3.05) is 5.75 Å². The van der Waals surface area contributed by atoms with Crippen molar-refractivity contribution in [2.24, 2.45) is 5.10 Å². The van der Waals surface area contributed by atoms with Gasteiger partial charge in [-0.1, -0.05) is 82.9 Å². The van der Waals surface area contributed by atoms with Crippen molar-refractivity contribution in [1.82, 2.24) is 15.6 Å². The molecule has 0 fully saturated rings. The minimum Gasteiger partial charge on any atom is -0.272 e. The largest absolute Gasteiger partial charge is 0.272 e. The normalized spacial score (nSPS) is 11.1. The molecule has 0 aliphatic heterocycles. The minimum atomic E-state index is -0.389. The summed E-state index contributed by atoms with van der Waals surface area (Å²) in [5.41, 5.74) is 5.16. The van der Waals surface area contributed by atoms with E-state index in [-0.39, 0.29) is 17.5 Å². The molecule has 2 aromatic carbocycles. The third-order valence-corrected chi connectivity index (χ3v) is 6.76. The van der Waals surface area contributed by atoms with Gasteiger partial charge in [0.25, 0.3) is 5.91 Å². The molecular weight excluding hydrogens is 415 g/mol. The molecule has 0 aliphatic rings. The van der Waals surface area contributed by atoms with Crippen LogP contribution >= 0.6 is 34.9 Å². The lowest BCUT2D eigenvalue weighted by Gasteiger charge is -1.99. The van der Waals surface area contributed by atoms with Crippen LogP contribution in [-0.4, -0.2) is 28.1 Å². The Hall–Kier alpha value is -2.23. The maximum absolute atomic E-state index is 13.5. The van der Waals surface area contributed by atoms with E-state index in [0.29, 0.717) is 5.56 Å². The summed E-state index contributed by atoms with van der Waals surface area (Å²) in [5.74, 6) is 0.303. The number of aromatic nitrogens is 2. The van der Waals surface area contributed by atoms with Crippen LogP contribution in [0.1, 0.15) is 16.7 Å². The molecule has 0 unspecified atom stereocenters. The van der Waals surface area contributed by atoms with Gasteiger partial charge in [0.15, 0.2) is 8.68 Å². The molecular formula is C19H17FN4OS3. The van der Waals surface area contributed by atoms with Gasteiger partial charge < -0.3 is 0 Å². The molecule has 3 rings (SSSR count). The highest BCUT2D eigenvalue weighted by molar-refractivity contribution is 8.03. The summed E-state index contributed by atoms with van der Waals surface area (Å²) in [5, 5.41) is 12.0. The summed E-state index contributed by atoms with van der Waals surface area (Å²) in [7, 11) is 0. The summed E-state index contributed by atoms with van der Waals surface area (Å²) in [4.78, 5) is 11.8. The fraction of sp³-hybridized carbons (Fsp3) is 0.158. The van der Waals surface area contributed by atoms with Crippen LogP contribution in [0.2, 0.25) is 0 Å². The molecule has 1 aromatic heterocycles. The highest BCUT2D eigenvalue weighted by Crippen LogP contribution is 2.30. The van der Waals surface area contributed by atoms with E-state index in [0.717, 1.165) is 14.4 Å². The Labute approximate surface area is 174 Å². The predicted molar refractivity (Wildman–Crippen MR) is 114 cm³/mol. The number of carbonyl (C=O) groups excluding carboxylic acids is 1. The van der Waals surface area contributed by atoms with E-state index < -0.39 is 0 Å². The number of nitrogens with zero attached hydrogens (tertiary/aromatic N) is 3. The first kappa shape index (κ1) is 20.5. The van der Waals surface area contributed by atoms with Crippen molar-refractivity contribution in [2.45, 2.75) is 21.4 Å². The number of halogens is 1. The Morgan fingerprint density at radius 2 is 1.86 bits per heavy atom. The zero-order valence-electron chi connectivity index (χ0n) is 15.0. The second kappa shape index (κ2) is 10.4. The summed E-state index contributed by atoms with van der Waals surface area (Å²) >= 11 is 4.37. The number of hydrogen-bond donors (Lipinski definition) is 1. The molecule has 0 saturated carbocycles. The topological polar surface area (TPSA) is 67.2 Å². The van der Waals surface area contributed by atoms with E-state index in [2.05, 4.69) is 51.9 Å². The van der Waals surface area contributed by atoms with Crippen LogP contribution in [0, 0.1) is 12.7 Å². The molecule has 1 N–H and O–H groups in total. The van der Waals surface area contributed by atoms with Gasteiger partial charge in [-0.25, -0.2) is 9.82 Å². The van der Waals surface area contributed by atoms with Crippen molar-refractivity contribution in [1.29, 1.82) is 0 Å². The number of thioether (sulfide) groups is 2. The van der Waals surface area contributed by atoms with Crippen molar-refractivity contribution in [3.05, 3.63) is 71.0 Å². The monoisotopic (exact) mass is 432 g/mol. The average Bonchev–Trinajstić information content (AvgIpc) is 3.15. The lowest BCUT2D eigenvalue weighted by Crippen LogP contribution is -2.19. The lowest BCUT2D eigenvalue weighted by molar-refractivity contribution is -0.118. The fourth-order valence-electron chi connectivity index (χ4n) is 2.06. The van der Waals surface area contributed by atoms with Crippen molar-refractivity contribution in [3.63, 3.8) is 0 Å². The van der Waals surface area contributed by atoms with Crippen LogP contribution in [0.15, 0.2) is 62.3 Å². The van der Waals surface area contributed by atoms with Crippen molar-refractivity contribution < 1.29 is 9.18 Å². The van der Waals surface area contributed by atoms with Gasteiger partial charge in [0.2, 0.25) is 0 Å². The summed E-state index contributed by atoms with van der Waals surface area (Å²) in [6.07, 6.45) is 1.28. The Kier molecular flexibility index (Phi) is 7.58. The van der Waals surface area contributed by atoms with Gasteiger partial charge in [-0.2, -0.15) is 5.10 Å². The first-order valence-electron chi connectivity index (χ1n) is 8.31. The number of hydrogen-bond acceptors (Lipinski definition) is 7. The maximum Gasteiger partial charge on any atom is 0.250 e. The number of aryl methyl sites for hydroxylation is 1. The first-order valence-corrected chi connectivity index (χ1v) is 11.1.